The zero-order chi connectivity index (χ0) is 11.4. The molecule has 86 valence electrons. The third-order valence-corrected chi connectivity index (χ3v) is 2.89. The molecule has 0 aliphatic heterocycles. The van der Waals surface area contributed by atoms with Gasteiger partial charge in [-0.3, -0.25) is 0 Å². The van der Waals surface area contributed by atoms with Gasteiger partial charge in [-0.15, -0.1) is 5.10 Å². The van der Waals surface area contributed by atoms with Crippen LogP contribution < -0.4 is 10.2 Å². The van der Waals surface area contributed by atoms with Crippen molar-refractivity contribution in [2.75, 3.05) is 30.9 Å². The van der Waals surface area contributed by atoms with E-state index in [1.807, 2.05) is 19.0 Å². The smallest absolute Gasteiger partial charge is 0.245 e. The van der Waals surface area contributed by atoms with Gasteiger partial charge in [0.2, 0.25) is 11.9 Å². The number of H-pyrrole nitrogens is 1. The van der Waals surface area contributed by atoms with Gasteiger partial charge in [0, 0.05) is 20.6 Å². The Bertz CT molecular complexity index is 420. The molecule has 6 heteroatoms. The second kappa shape index (κ2) is 4.98. The van der Waals surface area contributed by atoms with Crippen LogP contribution in [-0.4, -0.2) is 35.8 Å². The number of aromatic amines is 1. The Kier molecular flexibility index (Phi) is 3.40. The first-order valence-corrected chi connectivity index (χ1v) is 6.04. The maximum Gasteiger partial charge on any atom is 0.245 e. The Balaban J connectivity index is 1.81. The van der Waals surface area contributed by atoms with Crippen LogP contribution in [0.5, 0.6) is 0 Å². The van der Waals surface area contributed by atoms with E-state index in [0.29, 0.717) is 5.95 Å². The summed E-state index contributed by atoms with van der Waals surface area (Å²) in [6.45, 7) is 0.860. The van der Waals surface area contributed by atoms with Crippen molar-refractivity contribution in [3.8, 4) is 0 Å². The fourth-order valence-corrected chi connectivity index (χ4v) is 2.00. The zero-order valence-corrected chi connectivity index (χ0v) is 10.2. The fraction of sp³-hybridized carbons (Fsp3) is 0.400. The molecule has 0 bridgehead atoms. The molecule has 0 spiro atoms. The summed E-state index contributed by atoms with van der Waals surface area (Å²) in [6, 6.07) is 2.14. The van der Waals surface area contributed by atoms with Crippen molar-refractivity contribution in [1.29, 1.82) is 0 Å². The highest BCUT2D eigenvalue weighted by atomic mass is 32.1. The predicted octanol–water partition coefficient (Wildman–Crippen LogP) is 1.59. The van der Waals surface area contributed by atoms with E-state index in [-0.39, 0.29) is 0 Å². The lowest BCUT2D eigenvalue weighted by atomic mass is 10.2. The maximum atomic E-state index is 4.28. The lowest BCUT2D eigenvalue weighted by Crippen LogP contribution is -2.10. The molecule has 0 saturated heterocycles. The molecular formula is C10H15N5S. The molecule has 2 aromatic rings. The van der Waals surface area contributed by atoms with Gasteiger partial charge in [0.25, 0.3) is 0 Å². The molecular weight excluding hydrogens is 222 g/mol. The summed E-state index contributed by atoms with van der Waals surface area (Å²) in [5.41, 5.74) is 1.35. The van der Waals surface area contributed by atoms with Gasteiger partial charge in [-0.2, -0.15) is 16.3 Å². The van der Waals surface area contributed by atoms with Crippen molar-refractivity contribution >= 4 is 23.2 Å². The van der Waals surface area contributed by atoms with E-state index in [4.69, 9.17) is 0 Å². The van der Waals surface area contributed by atoms with Crippen molar-refractivity contribution in [2.45, 2.75) is 6.42 Å². The average Bonchev–Trinajstić information content (AvgIpc) is 2.87. The van der Waals surface area contributed by atoms with Crippen LogP contribution in [0.1, 0.15) is 5.56 Å². The quantitative estimate of drug-likeness (QED) is 0.829. The SMILES string of the molecule is CN(C)c1n[nH]c(NCCc2ccsc2)n1. The maximum absolute atomic E-state index is 4.28. The van der Waals surface area contributed by atoms with Crippen LogP contribution in [0.2, 0.25) is 0 Å². The van der Waals surface area contributed by atoms with E-state index in [1.54, 1.807) is 11.3 Å². The van der Waals surface area contributed by atoms with E-state index in [9.17, 15) is 0 Å². The third-order valence-electron chi connectivity index (χ3n) is 2.16. The molecule has 16 heavy (non-hydrogen) atoms. The van der Waals surface area contributed by atoms with Gasteiger partial charge in [0.15, 0.2) is 0 Å². The minimum atomic E-state index is 0.693. The number of nitrogens with one attached hydrogen (secondary N) is 2. The van der Waals surface area contributed by atoms with Gasteiger partial charge in [0.05, 0.1) is 0 Å². The number of hydrogen-bond donors (Lipinski definition) is 2. The number of hydrogen-bond acceptors (Lipinski definition) is 5. The van der Waals surface area contributed by atoms with E-state index in [0.717, 1.165) is 18.9 Å². The van der Waals surface area contributed by atoms with Gasteiger partial charge in [-0.1, -0.05) is 0 Å². The van der Waals surface area contributed by atoms with Gasteiger partial charge < -0.3 is 10.2 Å². The van der Waals surface area contributed by atoms with E-state index >= 15 is 0 Å². The highest BCUT2D eigenvalue weighted by Crippen LogP contribution is 2.08. The van der Waals surface area contributed by atoms with Crippen LogP contribution in [0.3, 0.4) is 0 Å². The fourth-order valence-electron chi connectivity index (χ4n) is 1.29. The molecule has 0 aliphatic rings. The third kappa shape index (κ3) is 2.73. The summed E-state index contributed by atoms with van der Waals surface area (Å²) < 4.78 is 0. The van der Waals surface area contributed by atoms with Crippen LogP contribution in [0.25, 0.3) is 0 Å². The van der Waals surface area contributed by atoms with E-state index in [2.05, 4.69) is 37.3 Å². The number of aromatic nitrogens is 3. The second-order valence-corrected chi connectivity index (χ2v) is 4.47. The highest BCUT2D eigenvalue weighted by Gasteiger charge is 2.03. The van der Waals surface area contributed by atoms with Crippen molar-refractivity contribution in [3.63, 3.8) is 0 Å². The minimum absolute atomic E-state index is 0.693. The molecule has 2 rings (SSSR count). The Morgan fingerprint density at radius 3 is 3.00 bits per heavy atom. The monoisotopic (exact) mass is 237 g/mol. The van der Waals surface area contributed by atoms with Crippen LogP contribution >= 0.6 is 11.3 Å². The summed E-state index contributed by atoms with van der Waals surface area (Å²) in [4.78, 5) is 6.14. The highest BCUT2D eigenvalue weighted by molar-refractivity contribution is 7.07. The number of nitrogens with zero attached hydrogens (tertiary/aromatic N) is 3. The molecule has 0 saturated carbocycles. The lowest BCUT2D eigenvalue weighted by molar-refractivity contribution is 0.983. The van der Waals surface area contributed by atoms with Gasteiger partial charge in [0.1, 0.15) is 0 Å². The largest absolute Gasteiger partial charge is 0.354 e. The van der Waals surface area contributed by atoms with Crippen LogP contribution in [0.4, 0.5) is 11.9 Å². The first-order chi connectivity index (χ1) is 7.75. The standard InChI is InChI=1S/C10H15N5S/c1-15(2)10-12-9(13-14-10)11-5-3-8-4-6-16-7-8/h4,6-7H,3,5H2,1-2H3,(H2,11,12,13,14). The minimum Gasteiger partial charge on any atom is -0.354 e. The number of rotatable bonds is 5. The normalized spacial score (nSPS) is 10.4. The van der Waals surface area contributed by atoms with Gasteiger partial charge in [-0.25, -0.2) is 5.10 Å². The molecule has 0 atom stereocenters. The molecule has 2 heterocycles. The van der Waals surface area contributed by atoms with Gasteiger partial charge in [-0.05, 0) is 28.8 Å². The lowest BCUT2D eigenvalue weighted by Gasteiger charge is -2.04. The molecule has 0 fully saturated rings. The molecule has 0 aromatic carbocycles. The Hall–Kier alpha value is -1.56. The number of thiophene rings is 1. The summed E-state index contributed by atoms with van der Waals surface area (Å²) in [6.07, 6.45) is 1.00. The molecule has 2 N–H and O–H groups in total. The summed E-state index contributed by atoms with van der Waals surface area (Å²) in [7, 11) is 3.83. The molecule has 0 unspecified atom stereocenters. The summed E-state index contributed by atoms with van der Waals surface area (Å²) >= 11 is 1.72. The molecule has 0 radical (unpaired) electrons. The molecule has 2 aromatic heterocycles. The second-order valence-electron chi connectivity index (χ2n) is 3.69. The Morgan fingerprint density at radius 2 is 2.38 bits per heavy atom. The molecule has 0 amide bonds. The van der Waals surface area contributed by atoms with Crippen LogP contribution in [-0.2, 0) is 6.42 Å². The molecule has 0 aliphatic carbocycles. The van der Waals surface area contributed by atoms with Gasteiger partial charge >= 0.3 is 0 Å². The van der Waals surface area contributed by atoms with Crippen molar-refractivity contribution in [2.24, 2.45) is 0 Å². The first kappa shape index (κ1) is 10.9. The average molecular weight is 237 g/mol. The summed E-state index contributed by atoms with van der Waals surface area (Å²) in [5, 5.41) is 14.4. The van der Waals surface area contributed by atoms with Crippen molar-refractivity contribution < 1.29 is 0 Å². The topological polar surface area (TPSA) is 56.8 Å². The van der Waals surface area contributed by atoms with Crippen molar-refractivity contribution in [1.82, 2.24) is 15.2 Å². The number of anilines is 2. The van der Waals surface area contributed by atoms with Crippen molar-refractivity contribution in [3.05, 3.63) is 22.4 Å². The zero-order valence-electron chi connectivity index (χ0n) is 9.40. The Labute approximate surface area is 98.5 Å². The van der Waals surface area contributed by atoms with Crippen LogP contribution in [0, 0.1) is 0 Å². The molecule has 5 nitrogen and oxygen atoms in total. The summed E-state index contributed by atoms with van der Waals surface area (Å²) in [5.74, 6) is 1.41. The van der Waals surface area contributed by atoms with E-state index < -0.39 is 0 Å². The predicted molar refractivity (Wildman–Crippen MR) is 67.2 cm³/mol. The Morgan fingerprint density at radius 1 is 1.50 bits per heavy atom. The van der Waals surface area contributed by atoms with Crippen LogP contribution in [0.15, 0.2) is 16.8 Å². The first-order valence-electron chi connectivity index (χ1n) is 5.10. The van der Waals surface area contributed by atoms with E-state index in [1.165, 1.54) is 5.56 Å².